The van der Waals surface area contributed by atoms with Crippen molar-refractivity contribution in [2.24, 2.45) is 0 Å². The Kier molecular flexibility index (Phi) is 86.8. The Morgan fingerprint density at radius 1 is 0.235 bits per heavy atom. The number of hydrogen-bond acceptors (Lipinski definition) is 14. The minimum atomic E-state index is -4.95. The maximum Gasteiger partial charge on any atom is 0.472 e. The van der Waals surface area contributed by atoms with Crippen LogP contribution in [-0.2, 0) is 55.8 Å². The summed E-state index contributed by atoms with van der Waals surface area (Å²) < 4.78 is 61.5. The van der Waals surface area contributed by atoms with Gasteiger partial charge in [0.15, 0.2) is 6.10 Å². The first-order chi connectivity index (χ1) is 58.2. The number of rotatable bonds is 86. The second kappa shape index (κ2) is 91.3. The molecule has 119 heavy (non-hydrogen) atoms. The molecule has 676 valence electrons. The predicted molar refractivity (Wildman–Crippen MR) is 500 cm³/mol. The highest BCUT2D eigenvalue weighted by Gasteiger charge is 2.29. The molecular weight excluding hydrogens is 1530 g/mol. The number of esters is 3. The lowest BCUT2D eigenvalue weighted by molar-refractivity contribution is -0.161. The molecule has 16 nitrogen and oxygen atoms in total. The molecule has 0 heterocycles. The normalized spacial score (nSPS) is 14.7. The molecular formula is C101H166O16P2. The number of phosphoric acid groups is 2. The van der Waals surface area contributed by atoms with Gasteiger partial charge < -0.3 is 34.2 Å². The molecule has 0 amide bonds. The molecule has 0 rings (SSSR count). The monoisotopic (exact) mass is 1700 g/mol. The van der Waals surface area contributed by atoms with Gasteiger partial charge in [-0.3, -0.25) is 32.5 Å². The Balaban J connectivity index is 4.64. The predicted octanol–water partition coefficient (Wildman–Crippen LogP) is 28.8. The largest absolute Gasteiger partial charge is 0.472 e. The van der Waals surface area contributed by atoms with E-state index < -0.39 is 91.5 Å². The highest BCUT2D eigenvalue weighted by Crippen LogP contribution is 2.45. The van der Waals surface area contributed by atoms with Crippen molar-refractivity contribution in [1.82, 2.24) is 0 Å². The molecule has 4 N–H and O–H groups in total. The van der Waals surface area contributed by atoms with Crippen molar-refractivity contribution in [1.29, 1.82) is 0 Å². The number of aliphatic hydroxyl groups is 2. The highest BCUT2D eigenvalue weighted by atomic mass is 31.2. The quantitative estimate of drug-likeness (QED) is 0.0146. The maximum atomic E-state index is 13.1. The number of carbonyl (C=O) groups is 3. The molecule has 0 saturated carbocycles. The summed E-state index contributed by atoms with van der Waals surface area (Å²) >= 11 is 0. The SMILES string of the molecule is CC/C=C\C/C=C\C/C=C\C/C=C\C/C=C\C/C=C\CCCCCCCCCCCCCCCCC(=O)OCC(O)COP(=O)(O)OCC(O)COP(=O)(O)OCC(COC(=O)CCCCCCCC/C=C\C/C=C\C/C=C\C/C=C\C/C=C\C/C=C\CC)OC(=O)CCCCCCCCCCC/C=C\C/C=C\C/C=C\C/C=C\C/C=C\CC. The molecule has 0 aliphatic heterocycles. The lowest BCUT2D eigenvalue weighted by Gasteiger charge is -2.21. The van der Waals surface area contributed by atoms with Gasteiger partial charge in [-0.05, 0) is 167 Å². The van der Waals surface area contributed by atoms with Crippen LogP contribution < -0.4 is 0 Å². The van der Waals surface area contributed by atoms with E-state index in [9.17, 15) is 43.5 Å². The Labute approximate surface area is 724 Å². The molecule has 0 aromatic heterocycles. The lowest BCUT2D eigenvalue weighted by Crippen LogP contribution is -2.30. The van der Waals surface area contributed by atoms with E-state index in [1.54, 1.807) is 0 Å². The van der Waals surface area contributed by atoms with Crippen LogP contribution in [0.5, 0.6) is 0 Å². The van der Waals surface area contributed by atoms with Crippen LogP contribution in [0.25, 0.3) is 0 Å². The van der Waals surface area contributed by atoms with E-state index >= 15 is 0 Å². The number of allylic oxidation sites excluding steroid dienone is 34. The summed E-state index contributed by atoms with van der Waals surface area (Å²) in [5.74, 6) is -1.60. The molecule has 0 aliphatic carbocycles. The van der Waals surface area contributed by atoms with Gasteiger partial charge in [0, 0.05) is 19.3 Å². The topological polar surface area (TPSA) is 231 Å². The Morgan fingerprint density at radius 2 is 0.420 bits per heavy atom. The van der Waals surface area contributed by atoms with Crippen molar-refractivity contribution in [2.75, 3.05) is 39.6 Å². The van der Waals surface area contributed by atoms with Gasteiger partial charge in [-0.1, -0.05) is 375 Å². The van der Waals surface area contributed by atoms with Crippen LogP contribution in [-0.4, -0.2) is 95.9 Å². The van der Waals surface area contributed by atoms with Gasteiger partial charge in [-0.2, -0.15) is 0 Å². The first kappa shape index (κ1) is 113. The van der Waals surface area contributed by atoms with E-state index in [1.165, 1.54) is 83.5 Å². The molecule has 0 bridgehead atoms. The summed E-state index contributed by atoms with van der Waals surface area (Å²) in [5.41, 5.74) is 0. The molecule has 0 fully saturated rings. The number of unbranched alkanes of at least 4 members (excludes halogenated alkanes) is 29. The third-order valence-corrected chi connectivity index (χ3v) is 20.9. The number of hydrogen-bond donors (Lipinski definition) is 4. The lowest BCUT2D eigenvalue weighted by atomic mass is 10.0. The van der Waals surface area contributed by atoms with Gasteiger partial charge >= 0.3 is 33.6 Å². The summed E-state index contributed by atoms with van der Waals surface area (Å²) in [6.45, 7) is 2.34. The van der Waals surface area contributed by atoms with Gasteiger partial charge in [0.1, 0.15) is 25.4 Å². The minimum Gasteiger partial charge on any atom is -0.463 e. The summed E-state index contributed by atoms with van der Waals surface area (Å²) in [4.78, 5) is 59.0. The summed E-state index contributed by atoms with van der Waals surface area (Å²) in [7, 11) is -9.83. The van der Waals surface area contributed by atoms with Crippen molar-refractivity contribution in [2.45, 2.75) is 373 Å². The second-order valence-corrected chi connectivity index (χ2v) is 33.2. The van der Waals surface area contributed by atoms with E-state index in [0.29, 0.717) is 19.3 Å². The average Bonchev–Trinajstić information content (AvgIpc) is 0.902. The van der Waals surface area contributed by atoms with Crippen LogP contribution in [0.3, 0.4) is 0 Å². The molecule has 0 aromatic carbocycles. The zero-order valence-corrected chi connectivity index (χ0v) is 76.2. The van der Waals surface area contributed by atoms with Crippen LogP contribution in [0.2, 0.25) is 0 Å². The Hall–Kier alpha value is -5.87. The molecule has 0 radical (unpaired) electrons. The first-order valence-corrected chi connectivity index (χ1v) is 49.4. The van der Waals surface area contributed by atoms with E-state index in [1.807, 2.05) is 0 Å². The first-order valence-electron chi connectivity index (χ1n) is 46.4. The highest BCUT2D eigenvalue weighted by molar-refractivity contribution is 7.47. The van der Waals surface area contributed by atoms with Gasteiger partial charge in [-0.15, -0.1) is 0 Å². The van der Waals surface area contributed by atoms with Gasteiger partial charge in [0.05, 0.1) is 26.4 Å². The Morgan fingerprint density at radius 3 is 0.664 bits per heavy atom. The van der Waals surface area contributed by atoms with Crippen LogP contribution >= 0.6 is 15.6 Å². The van der Waals surface area contributed by atoms with Gasteiger partial charge in [-0.25, -0.2) is 9.13 Å². The van der Waals surface area contributed by atoms with Crippen molar-refractivity contribution >= 4 is 33.6 Å². The molecule has 0 spiro atoms. The van der Waals surface area contributed by atoms with E-state index in [0.717, 1.165) is 212 Å². The molecule has 0 saturated heterocycles. The van der Waals surface area contributed by atoms with Crippen LogP contribution in [0, 0.1) is 0 Å². The third kappa shape index (κ3) is 92.7. The third-order valence-electron chi connectivity index (χ3n) is 19.0. The maximum absolute atomic E-state index is 13.1. The van der Waals surface area contributed by atoms with E-state index in [4.69, 9.17) is 32.3 Å². The fraction of sp³-hybridized carbons (Fsp3) is 0.634. The van der Waals surface area contributed by atoms with Crippen molar-refractivity contribution < 1.29 is 75.8 Å². The Bertz CT molecular complexity index is 2990. The van der Waals surface area contributed by atoms with E-state index in [-0.39, 0.29) is 19.3 Å². The van der Waals surface area contributed by atoms with Crippen molar-refractivity contribution in [3.8, 4) is 0 Å². The second-order valence-electron chi connectivity index (χ2n) is 30.3. The van der Waals surface area contributed by atoms with Crippen molar-refractivity contribution in [3.05, 3.63) is 207 Å². The minimum absolute atomic E-state index is 0.0858. The van der Waals surface area contributed by atoms with Gasteiger partial charge in [0.25, 0.3) is 0 Å². The summed E-state index contributed by atoms with van der Waals surface area (Å²) in [6.07, 6.45) is 123. The van der Waals surface area contributed by atoms with E-state index in [2.05, 4.69) is 227 Å². The van der Waals surface area contributed by atoms with Crippen LogP contribution in [0.4, 0.5) is 0 Å². The molecule has 5 unspecified atom stereocenters. The van der Waals surface area contributed by atoms with Crippen LogP contribution in [0.1, 0.15) is 355 Å². The summed E-state index contributed by atoms with van der Waals surface area (Å²) in [5, 5.41) is 20.7. The average molecular weight is 1700 g/mol. The molecule has 0 aliphatic rings. The number of ether oxygens (including phenoxy) is 3. The molecule has 0 aromatic rings. The molecule has 18 heteroatoms. The fourth-order valence-electron chi connectivity index (χ4n) is 12.1. The standard InChI is InChI=1S/C101H166O16P2/c1-4-7-10-13-16-19-22-25-28-31-34-37-40-43-44-45-46-47-48-49-50-53-55-57-60-63-66-69-72-75-78-81-84-87-99(104)111-90-96(102)91-113-118(107,108)114-92-97(103)93-115-119(109,110)116-95-98(117-101(106)89-86-83-80-77-74-71-68-65-62-59-56-52-42-39-36-33-30-27-24-21-18-15-12-9-6-3)94-112-100(105)88-85-82-79-76-73-70-67-64-61-58-54-51-41-38-35-32-29-26-23-20-17-14-11-8-5-2/h7-12,16-21,25-30,34-39,43-44,46-47,51-52,54,56,61,64,96-98,102-103H,4-6,13-15,22-24,31-33,40-42,45,48-50,53,55,57-60,62-63,65-95H2,1-3H3,(H,107,108)(H,109,110)/b10-7-,11-8-,12-9-,19-16-,20-17-,21-18-,28-25-,29-26-,30-27-,37-34-,38-35-,39-36-,44-43-,47-46-,54-51-,56-52-,64-61-. The molecule has 5 atom stereocenters. The number of aliphatic hydroxyl groups excluding tert-OH is 2. The number of carbonyl (C=O) groups excluding carboxylic acids is 3. The van der Waals surface area contributed by atoms with Gasteiger partial charge in [0.2, 0.25) is 0 Å². The zero-order valence-electron chi connectivity index (χ0n) is 74.5. The number of phosphoric ester groups is 2. The zero-order chi connectivity index (χ0) is 86.5. The van der Waals surface area contributed by atoms with Crippen molar-refractivity contribution in [3.63, 3.8) is 0 Å². The fourth-order valence-corrected chi connectivity index (χ4v) is 13.7. The van der Waals surface area contributed by atoms with Crippen LogP contribution in [0.15, 0.2) is 207 Å². The smallest absolute Gasteiger partial charge is 0.463 e. The summed E-state index contributed by atoms with van der Waals surface area (Å²) in [6, 6.07) is 0.